The van der Waals surface area contributed by atoms with E-state index < -0.39 is 21.7 Å². The predicted octanol–water partition coefficient (Wildman–Crippen LogP) is 0.903. The summed E-state index contributed by atoms with van der Waals surface area (Å²) in [5.41, 5.74) is -0.547. The van der Waals surface area contributed by atoms with Crippen LogP contribution in [-0.4, -0.2) is 48.6 Å². The van der Waals surface area contributed by atoms with Gasteiger partial charge in [-0.3, -0.25) is 0 Å². The first-order chi connectivity index (χ1) is 8.57. The summed E-state index contributed by atoms with van der Waals surface area (Å²) >= 11 is 0. The Balaban J connectivity index is 2.96. The second kappa shape index (κ2) is 5.44. The molecule has 1 unspecified atom stereocenters. The van der Waals surface area contributed by atoms with Gasteiger partial charge in [-0.1, -0.05) is 0 Å². The number of aliphatic hydroxyl groups is 1. The summed E-state index contributed by atoms with van der Waals surface area (Å²) in [6.07, 6.45) is 0.731. The SMILES string of the molecule is CC(O)C(C)(C)Nc1ccc(S(=O)(=O)N(C)C)cn1. The van der Waals surface area contributed by atoms with E-state index in [0.717, 1.165) is 4.31 Å². The molecule has 1 rings (SSSR count). The maximum absolute atomic E-state index is 11.9. The van der Waals surface area contributed by atoms with Crippen molar-refractivity contribution in [3.05, 3.63) is 18.3 Å². The average molecular weight is 287 g/mol. The van der Waals surface area contributed by atoms with E-state index in [1.807, 2.05) is 13.8 Å². The van der Waals surface area contributed by atoms with Crippen LogP contribution in [0.25, 0.3) is 0 Å². The minimum atomic E-state index is -3.46. The first-order valence-electron chi connectivity index (χ1n) is 5.92. The molecule has 0 saturated carbocycles. The normalized spacial score (nSPS) is 14.5. The third kappa shape index (κ3) is 3.65. The highest BCUT2D eigenvalue weighted by Gasteiger charge is 2.24. The molecule has 0 bridgehead atoms. The van der Waals surface area contributed by atoms with E-state index in [4.69, 9.17) is 0 Å². The van der Waals surface area contributed by atoms with Crippen molar-refractivity contribution in [2.75, 3.05) is 19.4 Å². The van der Waals surface area contributed by atoms with Gasteiger partial charge in [0.2, 0.25) is 10.0 Å². The van der Waals surface area contributed by atoms with Gasteiger partial charge in [0.1, 0.15) is 10.7 Å². The zero-order chi connectivity index (χ0) is 14.8. The van der Waals surface area contributed by atoms with Crippen LogP contribution in [0, 0.1) is 0 Å². The molecule has 0 fully saturated rings. The first kappa shape index (κ1) is 15.9. The molecule has 1 aromatic heterocycles. The molecule has 0 spiro atoms. The van der Waals surface area contributed by atoms with Crippen LogP contribution < -0.4 is 5.32 Å². The fourth-order valence-electron chi connectivity index (χ4n) is 1.25. The van der Waals surface area contributed by atoms with E-state index in [1.165, 1.54) is 26.4 Å². The molecule has 6 nitrogen and oxygen atoms in total. The van der Waals surface area contributed by atoms with Crippen molar-refractivity contribution in [2.45, 2.75) is 37.3 Å². The number of aromatic nitrogens is 1. The maximum Gasteiger partial charge on any atom is 0.244 e. The Kier molecular flexibility index (Phi) is 4.54. The molecule has 1 aromatic rings. The highest BCUT2D eigenvalue weighted by Crippen LogP contribution is 2.18. The Morgan fingerprint density at radius 2 is 1.95 bits per heavy atom. The number of nitrogens with one attached hydrogen (secondary N) is 1. The fourth-order valence-corrected chi connectivity index (χ4v) is 2.10. The number of aliphatic hydroxyl groups excluding tert-OH is 1. The molecule has 1 atom stereocenters. The Bertz CT molecular complexity index is 522. The number of rotatable bonds is 5. The first-order valence-corrected chi connectivity index (χ1v) is 7.36. The Labute approximate surface area is 114 Å². The van der Waals surface area contributed by atoms with Crippen molar-refractivity contribution in [3.63, 3.8) is 0 Å². The topological polar surface area (TPSA) is 82.5 Å². The predicted molar refractivity (Wildman–Crippen MR) is 74.5 cm³/mol. The highest BCUT2D eigenvalue weighted by atomic mass is 32.2. The van der Waals surface area contributed by atoms with Gasteiger partial charge in [-0.2, -0.15) is 0 Å². The van der Waals surface area contributed by atoms with Gasteiger partial charge >= 0.3 is 0 Å². The van der Waals surface area contributed by atoms with Gasteiger partial charge in [-0.15, -0.1) is 0 Å². The quantitative estimate of drug-likeness (QED) is 0.841. The molecular weight excluding hydrogens is 266 g/mol. The van der Waals surface area contributed by atoms with Crippen molar-refractivity contribution >= 4 is 15.8 Å². The van der Waals surface area contributed by atoms with E-state index in [1.54, 1.807) is 13.0 Å². The van der Waals surface area contributed by atoms with E-state index in [0.29, 0.717) is 5.82 Å². The van der Waals surface area contributed by atoms with Crippen LogP contribution in [0.3, 0.4) is 0 Å². The minimum absolute atomic E-state index is 0.137. The summed E-state index contributed by atoms with van der Waals surface area (Å²) in [4.78, 5) is 4.20. The van der Waals surface area contributed by atoms with Crippen LogP contribution in [0.5, 0.6) is 0 Å². The van der Waals surface area contributed by atoms with Crippen molar-refractivity contribution in [2.24, 2.45) is 0 Å². The van der Waals surface area contributed by atoms with E-state index in [-0.39, 0.29) is 4.90 Å². The molecule has 108 valence electrons. The average Bonchev–Trinajstić information content (AvgIpc) is 2.28. The maximum atomic E-state index is 11.9. The zero-order valence-corrected chi connectivity index (χ0v) is 12.7. The zero-order valence-electron chi connectivity index (χ0n) is 11.9. The van der Waals surface area contributed by atoms with Gasteiger partial charge in [0, 0.05) is 20.3 Å². The van der Waals surface area contributed by atoms with Gasteiger partial charge in [-0.25, -0.2) is 17.7 Å². The second-order valence-electron chi connectivity index (χ2n) is 5.19. The Morgan fingerprint density at radius 3 is 2.32 bits per heavy atom. The van der Waals surface area contributed by atoms with Gasteiger partial charge in [-0.05, 0) is 32.9 Å². The van der Waals surface area contributed by atoms with Gasteiger partial charge in [0.15, 0.2) is 0 Å². The largest absolute Gasteiger partial charge is 0.391 e. The molecule has 0 aromatic carbocycles. The molecular formula is C12H21N3O3S. The standard InChI is InChI=1S/C12H21N3O3S/c1-9(16)12(2,3)14-11-7-6-10(8-13-11)19(17,18)15(4)5/h6-9,16H,1-5H3,(H,13,14). The summed E-state index contributed by atoms with van der Waals surface area (Å²) in [7, 11) is -0.519. The third-order valence-electron chi connectivity index (χ3n) is 3.01. The van der Waals surface area contributed by atoms with Crippen molar-refractivity contribution in [1.82, 2.24) is 9.29 Å². The number of hydrogen-bond acceptors (Lipinski definition) is 5. The Morgan fingerprint density at radius 1 is 1.37 bits per heavy atom. The van der Waals surface area contributed by atoms with E-state index in [9.17, 15) is 13.5 Å². The fraction of sp³-hybridized carbons (Fsp3) is 0.583. The number of sulfonamides is 1. The van der Waals surface area contributed by atoms with Crippen molar-refractivity contribution in [1.29, 1.82) is 0 Å². The lowest BCUT2D eigenvalue weighted by Gasteiger charge is -2.29. The summed E-state index contributed by atoms with van der Waals surface area (Å²) in [5.74, 6) is 0.517. The second-order valence-corrected chi connectivity index (χ2v) is 7.34. The molecule has 0 aliphatic heterocycles. The third-order valence-corrected chi connectivity index (χ3v) is 4.81. The molecule has 0 amide bonds. The van der Waals surface area contributed by atoms with E-state index >= 15 is 0 Å². The number of nitrogens with zero attached hydrogens (tertiary/aromatic N) is 2. The molecule has 19 heavy (non-hydrogen) atoms. The van der Waals surface area contributed by atoms with Crippen LogP contribution in [0.4, 0.5) is 5.82 Å². The summed E-state index contributed by atoms with van der Waals surface area (Å²) in [6, 6.07) is 3.07. The van der Waals surface area contributed by atoms with E-state index in [2.05, 4.69) is 10.3 Å². The van der Waals surface area contributed by atoms with Crippen molar-refractivity contribution < 1.29 is 13.5 Å². The smallest absolute Gasteiger partial charge is 0.244 e. The summed E-state index contributed by atoms with van der Waals surface area (Å²) in [5, 5.41) is 12.7. The molecule has 1 heterocycles. The van der Waals surface area contributed by atoms with Gasteiger partial charge in [0.25, 0.3) is 0 Å². The lowest BCUT2D eigenvalue weighted by Crippen LogP contribution is -2.42. The number of hydrogen-bond donors (Lipinski definition) is 2. The summed E-state index contributed by atoms with van der Waals surface area (Å²) in [6.45, 7) is 5.35. The van der Waals surface area contributed by atoms with Gasteiger partial charge < -0.3 is 10.4 Å². The minimum Gasteiger partial charge on any atom is -0.391 e. The number of anilines is 1. The van der Waals surface area contributed by atoms with Crippen LogP contribution in [0.1, 0.15) is 20.8 Å². The van der Waals surface area contributed by atoms with Crippen LogP contribution in [0.2, 0.25) is 0 Å². The molecule has 0 saturated heterocycles. The van der Waals surface area contributed by atoms with Crippen molar-refractivity contribution in [3.8, 4) is 0 Å². The van der Waals surface area contributed by atoms with Crippen LogP contribution >= 0.6 is 0 Å². The van der Waals surface area contributed by atoms with Crippen LogP contribution in [-0.2, 0) is 10.0 Å². The molecule has 0 aliphatic rings. The molecule has 0 aliphatic carbocycles. The lowest BCUT2D eigenvalue weighted by molar-refractivity contribution is 0.133. The van der Waals surface area contributed by atoms with Crippen LogP contribution in [0.15, 0.2) is 23.2 Å². The molecule has 7 heteroatoms. The lowest BCUT2D eigenvalue weighted by atomic mass is 9.99. The number of pyridine rings is 1. The molecule has 2 N–H and O–H groups in total. The summed E-state index contributed by atoms with van der Waals surface area (Å²) < 4.78 is 24.9. The monoisotopic (exact) mass is 287 g/mol. The van der Waals surface area contributed by atoms with Gasteiger partial charge in [0.05, 0.1) is 11.6 Å². The highest BCUT2D eigenvalue weighted by molar-refractivity contribution is 7.89. The molecule has 0 radical (unpaired) electrons. The Hall–Kier alpha value is -1.18.